The van der Waals surface area contributed by atoms with Gasteiger partial charge in [0.15, 0.2) is 0 Å². The highest BCUT2D eigenvalue weighted by molar-refractivity contribution is 5.76. The minimum absolute atomic E-state index is 0.364. The van der Waals surface area contributed by atoms with Crippen molar-refractivity contribution >= 4 is 5.91 Å². The van der Waals surface area contributed by atoms with Crippen molar-refractivity contribution < 1.29 is 4.79 Å². The molecule has 150 valence electrons. The van der Waals surface area contributed by atoms with E-state index in [0.29, 0.717) is 17.7 Å². The predicted molar refractivity (Wildman–Crippen MR) is 108 cm³/mol. The number of amides is 1. The Labute approximate surface area is 167 Å². The fourth-order valence-electron chi connectivity index (χ4n) is 4.81. The van der Waals surface area contributed by atoms with Gasteiger partial charge >= 0.3 is 0 Å². The van der Waals surface area contributed by atoms with Crippen molar-refractivity contribution in [3.05, 3.63) is 30.6 Å². The molecular formula is C22H31N5O. The lowest BCUT2D eigenvalue weighted by molar-refractivity contribution is -0.134. The Kier molecular flexibility index (Phi) is 6.03. The molecule has 0 radical (unpaired) electrons. The van der Waals surface area contributed by atoms with Gasteiger partial charge in [-0.2, -0.15) is 0 Å². The van der Waals surface area contributed by atoms with Crippen LogP contribution >= 0.6 is 0 Å². The summed E-state index contributed by atoms with van der Waals surface area (Å²) in [6, 6.07) is 0. The molecule has 0 N–H and O–H groups in total. The highest BCUT2D eigenvalue weighted by Crippen LogP contribution is 2.29. The molecule has 3 heterocycles. The minimum Gasteiger partial charge on any atom is -0.342 e. The van der Waals surface area contributed by atoms with Crippen LogP contribution in [0.15, 0.2) is 24.9 Å². The average Bonchev–Trinajstić information content (AvgIpc) is 3.15. The van der Waals surface area contributed by atoms with Gasteiger partial charge in [0.2, 0.25) is 5.91 Å². The molecule has 0 spiro atoms. The van der Waals surface area contributed by atoms with Gasteiger partial charge < -0.3 is 9.47 Å². The van der Waals surface area contributed by atoms with E-state index in [0.717, 1.165) is 55.9 Å². The van der Waals surface area contributed by atoms with Crippen LogP contribution < -0.4 is 0 Å². The summed E-state index contributed by atoms with van der Waals surface area (Å²) in [7, 11) is 1.98. The first-order chi connectivity index (χ1) is 13.7. The maximum absolute atomic E-state index is 12.8. The number of aryl methyl sites for hydroxylation is 1. The van der Waals surface area contributed by atoms with E-state index in [9.17, 15) is 4.79 Å². The average molecular weight is 382 g/mol. The molecule has 6 nitrogen and oxygen atoms in total. The molecule has 1 saturated carbocycles. The van der Waals surface area contributed by atoms with Crippen molar-refractivity contribution in [2.45, 2.75) is 57.8 Å². The molecule has 1 unspecified atom stereocenters. The van der Waals surface area contributed by atoms with Crippen molar-refractivity contribution in [2.24, 2.45) is 18.9 Å². The van der Waals surface area contributed by atoms with Crippen LogP contribution in [0.2, 0.25) is 0 Å². The van der Waals surface area contributed by atoms with E-state index in [1.54, 1.807) is 18.7 Å². The molecule has 28 heavy (non-hydrogen) atoms. The zero-order valence-electron chi connectivity index (χ0n) is 16.9. The Hall–Kier alpha value is -2.24. The standard InChI is InChI=1S/C22H31N5O/c1-26-16-23-14-20(26)22-19(24-9-10-25-22)12-18-8-5-11-27(15-18)21(28)13-17-6-3-2-4-7-17/h9-10,14,16-18H,2-8,11-13,15H2,1H3. The van der Waals surface area contributed by atoms with Gasteiger partial charge in [0.25, 0.3) is 0 Å². The molecule has 1 saturated heterocycles. The summed E-state index contributed by atoms with van der Waals surface area (Å²) >= 11 is 0. The molecule has 2 aliphatic rings. The third kappa shape index (κ3) is 4.42. The van der Waals surface area contributed by atoms with Gasteiger partial charge in [0.1, 0.15) is 5.69 Å². The first kappa shape index (κ1) is 19.1. The number of piperidine rings is 1. The smallest absolute Gasteiger partial charge is 0.222 e. The van der Waals surface area contributed by atoms with Crippen LogP contribution in [0.25, 0.3) is 11.4 Å². The number of rotatable bonds is 5. The topological polar surface area (TPSA) is 63.9 Å². The summed E-state index contributed by atoms with van der Waals surface area (Å²) < 4.78 is 1.98. The van der Waals surface area contributed by atoms with Crippen molar-refractivity contribution in [1.29, 1.82) is 0 Å². The summed E-state index contributed by atoms with van der Waals surface area (Å²) in [5, 5.41) is 0. The second-order valence-electron chi connectivity index (χ2n) is 8.50. The highest BCUT2D eigenvalue weighted by Gasteiger charge is 2.27. The third-order valence-electron chi connectivity index (χ3n) is 6.38. The van der Waals surface area contributed by atoms with Crippen LogP contribution in [0.1, 0.15) is 57.1 Å². The van der Waals surface area contributed by atoms with E-state index >= 15 is 0 Å². The molecule has 1 aliphatic carbocycles. The Morgan fingerprint density at radius 3 is 2.64 bits per heavy atom. The third-order valence-corrected chi connectivity index (χ3v) is 6.38. The molecule has 2 aromatic heterocycles. The van der Waals surface area contributed by atoms with E-state index in [4.69, 9.17) is 0 Å². The lowest BCUT2D eigenvalue weighted by Crippen LogP contribution is -2.41. The van der Waals surface area contributed by atoms with E-state index in [2.05, 4.69) is 19.9 Å². The number of likely N-dealkylation sites (tertiary alicyclic amines) is 1. The number of aromatic nitrogens is 4. The largest absolute Gasteiger partial charge is 0.342 e. The number of carbonyl (C=O) groups is 1. The minimum atomic E-state index is 0.364. The Bertz CT molecular complexity index is 796. The Balaban J connectivity index is 1.40. The second-order valence-corrected chi connectivity index (χ2v) is 8.50. The zero-order valence-corrected chi connectivity index (χ0v) is 16.9. The van der Waals surface area contributed by atoms with Gasteiger partial charge in [-0.05, 0) is 43.9 Å². The van der Waals surface area contributed by atoms with Crippen LogP contribution in [-0.2, 0) is 18.3 Å². The highest BCUT2D eigenvalue weighted by atomic mass is 16.2. The van der Waals surface area contributed by atoms with E-state index < -0.39 is 0 Å². The molecule has 2 aromatic rings. The summed E-state index contributed by atoms with van der Waals surface area (Å²) in [5.41, 5.74) is 2.91. The molecule has 0 aromatic carbocycles. The quantitative estimate of drug-likeness (QED) is 0.793. The van der Waals surface area contributed by atoms with E-state index in [1.165, 1.54) is 32.1 Å². The molecule has 0 bridgehead atoms. The van der Waals surface area contributed by atoms with Crippen molar-refractivity contribution in [2.75, 3.05) is 13.1 Å². The number of hydrogen-bond acceptors (Lipinski definition) is 4. The van der Waals surface area contributed by atoms with E-state index in [-0.39, 0.29) is 0 Å². The van der Waals surface area contributed by atoms with E-state index in [1.807, 2.05) is 17.8 Å². The van der Waals surface area contributed by atoms with Crippen LogP contribution in [0.5, 0.6) is 0 Å². The van der Waals surface area contributed by atoms with Gasteiger partial charge in [-0.1, -0.05) is 19.3 Å². The first-order valence-corrected chi connectivity index (χ1v) is 10.7. The normalized spacial score (nSPS) is 21.0. The van der Waals surface area contributed by atoms with Crippen LogP contribution in [0.3, 0.4) is 0 Å². The number of carbonyl (C=O) groups excluding carboxylic acids is 1. The lowest BCUT2D eigenvalue weighted by atomic mass is 9.86. The summed E-state index contributed by atoms with van der Waals surface area (Å²) in [6.45, 7) is 1.77. The van der Waals surface area contributed by atoms with Gasteiger partial charge in [-0.15, -0.1) is 0 Å². The Morgan fingerprint density at radius 1 is 1.07 bits per heavy atom. The number of hydrogen-bond donors (Lipinski definition) is 0. The molecule has 1 aliphatic heterocycles. The summed E-state index contributed by atoms with van der Waals surface area (Å²) in [6.07, 6.45) is 17.4. The first-order valence-electron chi connectivity index (χ1n) is 10.7. The van der Waals surface area contributed by atoms with Crippen molar-refractivity contribution in [1.82, 2.24) is 24.4 Å². The molecule has 6 heteroatoms. The molecule has 4 rings (SSSR count). The monoisotopic (exact) mass is 381 g/mol. The predicted octanol–water partition coefficient (Wildman–Crippen LogP) is 3.63. The van der Waals surface area contributed by atoms with Gasteiger partial charge in [-0.3, -0.25) is 14.8 Å². The Morgan fingerprint density at radius 2 is 1.86 bits per heavy atom. The fraction of sp³-hybridized carbons (Fsp3) is 0.636. The lowest BCUT2D eigenvalue weighted by Gasteiger charge is -2.34. The summed E-state index contributed by atoms with van der Waals surface area (Å²) in [4.78, 5) is 28.4. The molecular weight excluding hydrogens is 350 g/mol. The van der Waals surface area contributed by atoms with Gasteiger partial charge in [0.05, 0.1) is 23.9 Å². The number of nitrogens with zero attached hydrogens (tertiary/aromatic N) is 5. The maximum Gasteiger partial charge on any atom is 0.222 e. The van der Waals surface area contributed by atoms with Gasteiger partial charge in [0, 0.05) is 39.0 Å². The summed E-state index contributed by atoms with van der Waals surface area (Å²) in [5.74, 6) is 1.42. The molecule has 2 fully saturated rings. The molecule has 1 amide bonds. The van der Waals surface area contributed by atoms with Crippen molar-refractivity contribution in [3.63, 3.8) is 0 Å². The van der Waals surface area contributed by atoms with Crippen LogP contribution in [0, 0.1) is 11.8 Å². The van der Waals surface area contributed by atoms with Crippen LogP contribution in [0.4, 0.5) is 0 Å². The SMILES string of the molecule is Cn1cncc1-c1nccnc1CC1CCCN(C(=O)CC2CCCCC2)C1. The van der Waals surface area contributed by atoms with Crippen LogP contribution in [-0.4, -0.2) is 43.4 Å². The second kappa shape index (κ2) is 8.84. The maximum atomic E-state index is 12.8. The molecule has 1 atom stereocenters. The zero-order chi connectivity index (χ0) is 19.3. The number of imidazole rings is 1. The van der Waals surface area contributed by atoms with Gasteiger partial charge in [-0.25, -0.2) is 4.98 Å². The van der Waals surface area contributed by atoms with Crippen molar-refractivity contribution in [3.8, 4) is 11.4 Å². The fourth-order valence-corrected chi connectivity index (χ4v) is 4.81.